The van der Waals surface area contributed by atoms with E-state index in [9.17, 15) is 4.79 Å². The van der Waals surface area contributed by atoms with Crippen LogP contribution in [0.15, 0.2) is 18.2 Å². The van der Waals surface area contributed by atoms with E-state index in [4.69, 9.17) is 4.74 Å². The standard InChI is InChI=1S/C14H16N2O2/c1-9-2-3-12-11(6-9)14-10(8-18-12)7-16-13(17)4-5-15(14)16/h2-3,6,10,14H,4-5,7-8H2,1H3/t10-,14-/m0/s1. The van der Waals surface area contributed by atoms with Gasteiger partial charge in [-0.3, -0.25) is 9.80 Å². The summed E-state index contributed by atoms with van der Waals surface area (Å²) in [6.45, 7) is 4.50. The summed E-state index contributed by atoms with van der Waals surface area (Å²) in [5, 5.41) is 4.17. The van der Waals surface area contributed by atoms with Crippen molar-refractivity contribution in [3.8, 4) is 5.75 Å². The Hall–Kier alpha value is -1.55. The maximum Gasteiger partial charge on any atom is 0.238 e. The molecule has 2 saturated heterocycles. The second-order valence-corrected chi connectivity index (χ2v) is 5.45. The van der Waals surface area contributed by atoms with Gasteiger partial charge in [-0.05, 0) is 13.0 Å². The molecule has 0 unspecified atom stereocenters. The number of hydrogen-bond donors (Lipinski definition) is 0. The molecule has 0 saturated carbocycles. The van der Waals surface area contributed by atoms with Gasteiger partial charge in [0.1, 0.15) is 5.75 Å². The summed E-state index contributed by atoms with van der Waals surface area (Å²) in [6.07, 6.45) is 0.658. The number of benzene rings is 1. The Morgan fingerprint density at radius 3 is 3.17 bits per heavy atom. The van der Waals surface area contributed by atoms with E-state index >= 15 is 0 Å². The van der Waals surface area contributed by atoms with E-state index in [-0.39, 0.29) is 5.91 Å². The molecule has 4 rings (SSSR count). The van der Waals surface area contributed by atoms with Crippen LogP contribution >= 0.6 is 0 Å². The van der Waals surface area contributed by atoms with Crippen LogP contribution < -0.4 is 4.74 Å². The fourth-order valence-electron chi connectivity index (χ4n) is 3.45. The van der Waals surface area contributed by atoms with E-state index in [2.05, 4.69) is 30.1 Å². The molecule has 0 bridgehead atoms. The minimum atomic E-state index is 0.263. The molecule has 0 aromatic heterocycles. The maximum absolute atomic E-state index is 11.8. The summed E-state index contributed by atoms with van der Waals surface area (Å²) in [6, 6.07) is 6.68. The molecule has 4 nitrogen and oxygen atoms in total. The Morgan fingerprint density at radius 2 is 2.28 bits per heavy atom. The van der Waals surface area contributed by atoms with Gasteiger partial charge in [-0.25, -0.2) is 5.01 Å². The SMILES string of the molecule is Cc1ccc2c(c1)[C@@H]1[C@H](CO2)CN2C(=O)CCN12. The Bertz CT molecular complexity index is 529. The number of hydrazine groups is 1. The lowest BCUT2D eigenvalue weighted by molar-refractivity contribution is -0.135. The molecule has 3 aliphatic heterocycles. The minimum absolute atomic E-state index is 0.263. The number of nitrogens with zero attached hydrogens (tertiary/aromatic N) is 2. The molecule has 0 radical (unpaired) electrons. The molecule has 1 aromatic carbocycles. The Labute approximate surface area is 106 Å². The minimum Gasteiger partial charge on any atom is -0.493 e. The molecule has 4 heteroatoms. The van der Waals surface area contributed by atoms with Crippen molar-refractivity contribution in [1.82, 2.24) is 10.0 Å². The first-order valence-corrected chi connectivity index (χ1v) is 6.54. The number of hydrogen-bond acceptors (Lipinski definition) is 3. The van der Waals surface area contributed by atoms with Gasteiger partial charge >= 0.3 is 0 Å². The Morgan fingerprint density at radius 1 is 1.39 bits per heavy atom. The van der Waals surface area contributed by atoms with Crippen molar-refractivity contribution >= 4 is 5.91 Å². The summed E-state index contributed by atoms with van der Waals surface area (Å²) in [5.41, 5.74) is 2.51. The zero-order valence-electron chi connectivity index (χ0n) is 10.4. The number of fused-ring (bicyclic) bond motifs is 5. The van der Waals surface area contributed by atoms with Crippen molar-refractivity contribution in [2.45, 2.75) is 19.4 Å². The summed E-state index contributed by atoms with van der Waals surface area (Å²) >= 11 is 0. The van der Waals surface area contributed by atoms with Crippen LogP contribution in [0.4, 0.5) is 0 Å². The van der Waals surface area contributed by atoms with Gasteiger partial charge in [0.05, 0.1) is 12.6 Å². The molecule has 3 heterocycles. The zero-order chi connectivity index (χ0) is 12.3. The van der Waals surface area contributed by atoms with E-state index in [1.54, 1.807) is 0 Å². The highest BCUT2D eigenvalue weighted by atomic mass is 16.5. The quantitative estimate of drug-likeness (QED) is 0.693. The topological polar surface area (TPSA) is 32.8 Å². The molecule has 3 aliphatic rings. The van der Waals surface area contributed by atoms with E-state index in [0.29, 0.717) is 18.4 Å². The van der Waals surface area contributed by atoms with Crippen molar-refractivity contribution in [1.29, 1.82) is 0 Å². The van der Waals surface area contributed by atoms with Crippen LogP contribution in [0.25, 0.3) is 0 Å². The number of carbonyl (C=O) groups excluding carboxylic acids is 1. The Balaban J connectivity index is 1.80. The summed E-state index contributed by atoms with van der Waals surface area (Å²) in [4.78, 5) is 11.8. The monoisotopic (exact) mass is 244 g/mol. The number of amides is 1. The van der Waals surface area contributed by atoms with E-state index in [1.165, 1.54) is 11.1 Å². The van der Waals surface area contributed by atoms with Gasteiger partial charge < -0.3 is 4.74 Å². The summed E-state index contributed by atoms with van der Waals surface area (Å²) in [7, 11) is 0. The van der Waals surface area contributed by atoms with Crippen molar-refractivity contribution in [3.63, 3.8) is 0 Å². The lowest BCUT2D eigenvalue weighted by Crippen LogP contribution is -2.34. The molecule has 18 heavy (non-hydrogen) atoms. The third-order valence-corrected chi connectivity index (χ3v) is 4.26. The van der Waals surface area contributed by atoms with Gasteiger partial charge in [0.25, 0.3) is 0 Å². The second kappa shape index (κ2) is 3.48. The number of aryl methyl sites for hydroxylation is 1. The van der Waals surface area contributed by atoms with Crippen LogP contribution in [0.5, 0.6) is 5.75 Å². The zero-order valence-corrected chi connectivity index (χ0v) is 10.4. The lowest BCUT2D eigenvalue weighted by atomic mass is 9.90. The highest BCUT2D eigenvalue weighted by Gasteiger charge is 2.48. The molecule has 0 spiro atoms. The van der Waals surface area contributed by atoms with Crippen molar-refractivity contribution in [2.24, 2.45) is 5.92 Å². The molecule has 2 atom stereocenters. The van der Waals surface area contributed by atoms with Gasteiger partial charge in [-0.2, -0.15) is 0 Å². The first kappa shape index (κ1) is 10.4. The molecule has 1 aromatic rings. The van der Waals surface area contributed by atoms with Gasteiger partial charge in [0.15, 0.2) is 0 Å². The second-order valence-electron chi connectivity index (χ2n) is 5.45. The van der Waals surface area contributed by atoms with Crippen molar-refractivity contribution < 1.29 is 9.53 Å². The van der Waals surface area contributed by atoms with Crippen LogP contribution in [0.1, 0.15) is 23.6 Å². The highest BCUT2D eigenvalue weighted by Crippen LogP contribution is 2.46. The predicted octanol–water partition coefficient (Wildman–Crippen LogP) is 1.51. The van der Waals surface area contributed by atoms with Crippen LogP contribution in [-0.4, -0.2) is 35.6 Å². The predicted molar refractivity (Wildman–Crippen MR) is 65.9 cm³/mol. The van der Waals surface area contributed by atoms with Crippen LogP contribution in [-0.2, 0) is 4.79 Å². The molecule has 0 aliphatic carbocycles. The average molecular weight is 244 g/mol. The third-order valence-electron chi connectivity index (χ3n) is 4.26. The van der Waals surface area contributed by atoms with Crippen molar-refractivity contribution in [3.05, 3.63) is 29.3 Å². The molecule has 94 valence electrons. The van der Waals surface area contributed by atoms with Gasteiger partial charge in [-0.1, -0.05) is 17.7 Å². The van der Waals surface area contributed by atoms with Crippen LogP contribution in [0, 0.1) is 12.8 Å². The van der Waals surface area contributed by atoms with Crippen molar-refractivity contribution in [2.75, 3.05) is 19.7 Å². The Kier molecular flexibility index (Phi) is 2.01. The number of carbonyl (C=O) groups is 1. The summed E-state index contributed by atoms with van der Waals surface area (Å²) < 4.78 is 5.83. The molecular weight excluding hydrogens is 228 g/mol. The lowest BCUT2D eigenvalue weighted by Gasteiger charge is -2.32. The van der Waals surface area contributed by atoms with E-state index in [0.717, 1.165) is 25.4 Å². The highest BCUT2D eigenvalue weighted by molar-refractivity contribution is 5.78. The van der Waals surface area contributed by atoms with Gasteiger partial charge in [-0.15, -0.1) is 0 Å². The largest absolute Gasteiger partial charge is 0.493 e. The number of ether oxygens (including phenoxy) is 1. The van der Waals surface area contributed by atoms with Gasteiger partial charge in [0, 0.05) is 31.0 Å². The fraction of sp³-hybridized carbons (Fsp3) is 0.500. The average Bonchev–Trinajstić information content (AvgIpc) is 2.89. The van der Waals surface area contributed by atoms with Gasteiger partial charge in [0.2, 0.25) is 5.91 Å². The van der Waals surface area contributed by atoms with Crippen LogP contribution in [0.3, 0.4) is 0 Å². The smallest absolute Gasteiger partial charge is 0.238 e. The first-order valence-electron chi connectivity index (χ1n) is 6.54. The third kappa shape index (κ3) is 1.27. The fourth-order valence-corrected chi connectivity index (χ4v) is 3.45. The molecular formula is C14H16N2O2. The van der Waals surface area contributed by atoms with Crippen LogP contribution in [0.2, 0.25) is 0 Å². The molecule has 2 fully saturated rings. The first-order chi connectivity index (χ1) is 8.74. The maximum atomic E-state index is 11.8. The van der Waals surface area contributed by atoms with E-state index < -0.39 is 0 Å². The normalized spacial score (nSPS) is 29.8. The summed E-state index contributed by atoms with van der Waals surface area (Å²) in [5.74, 6) is 1.67. The van der Waals surface area contributed by atoms with E-state index in [1.807, 2.05) is 5.01 Å². The molecule has 0 N–H and O–H groups in total. The molecule has 1 amide bonds. The number of rotatable bonds is 0.